The van der Waals surface area contributed by atoms with Crippen molar-refractivity contribution in [1.82, 2.24) is 0 Å². The second-order valence-electron chi connectivity index (χ2n) is 4.97. The molecule has 116 valence electrons. The first-order chi connectivity index (χ1) is 9.82. The van der Waals surface area contributed by atoms with Crippen LogP contribution in [0.15, 0.2) is 18.2 Å². The fourth-order valence-electron chi connectivity index (χ4n) is 1.53. The Morgan fingerprint density at radius 3 is 2.33 bits per heavy atom. The molecule has 1 amide bonds. The minimum absolute atomic E-state index is 0.149. The van der Waals surface area contributed by atoms with E-state index in [1.807, 2.05) is 13.8 Å². The van der Waals surface area contributed by atoms with E-state index in [1.54, 1.807) is 32.0 Å². The molecule has 0 atom stereocenters. The van der Waals surface area contributed by atoms with Gasteiger partial charge in [-0.15, -0.1) is 0 Å². The summed E-state index contributed by atoms with van der Waals surface area (Å²) in [5, 5.41) is 2.79. The van der Waals surface area contributed by atoms with E-state index in [4.69, 9.17) is 27.4 Å². The average molecular weight is 310 g/mol. The first-order valence-corrected chi connectivity index (χ1v) is 7.24. The number of hydrogen-bond donors (Lipinski definition) is 2. The third kappa shape index (κ3) is 4.32. The van der Waals surface area contributed by atoms with Crippen LogP contribution >= 0.6 is 12.2 Å². The van der Waals surface area contributed by atoms with E-state index >= 15 is 0 Å². The highest BCUT2D eigenvalue weighted by molar-refractivity contribution is 7.80. The molecule has 6 heteroatoms. The van der Waals surface area contributed by atoms with Gasteiger partial charge >= 0.3 is 0 Å². The van der Waals surface area contributed by atoms with E-state index in [0.29, 0.717) is 30.4 Å². The Balaban J connectivity index is 2.97. The molecule has 0 aliphatic rings. The highest BCUT2D eigenvalue weighted by atomic mass is 32.1. The molecule has 1 aromatic carbocycles. The predicted octanol–water partition coefficient (Wildman–Crippen LogP) is 2.73. The molecule has 0 aliphatic heterocycles. The first-order valence-electron chi connectivity index (χ1n) is 6.83. The van der Waals surface area contributed by atoms with E-state index < -0.39 is 5.41 Å². The molecular formula is C15H22N2O3S. The van der Waals surface area contributed by atoms with Gasteiger partial charge in [-0.1, -0.05) is 12.2 Å². The van der Waals surface area contributed by atoms with Crippen LogP contribution in [-0.4, -0.2) is 24.1 Å². The number of ether oxygens (including phenoxy) is 2. The summed E-state index contributed by atoms with van der Waals surface area (Å²) in [6.07, 6.45) is 0. The number of thiocarbonyl (C=S) groups is 1. The molecule has 5 nitrogen and oxygen atoms in total. The monoisotopic (exact) mass is 310 g/mol. The molecule has 3 N–H and O–H groups in total. The van der Waals surface area contributed by atoms with Gasteiger partial charge in [0.25, 0.3) is 0 Å². The molecule has 0 spiro atoms. The van der Waals surface area contributed by atoms with E-state index in [1.165, 1.54) is 0 Å². The van der Waals surface area contributed by atoms with Gasteiger partial charge in [-0.25, -0.2) is 0 Å². The maximum Gasteiger partial charge on any atom is 0.236 e. The van der Waals surface area contributed by atoms with Gasteiger partial charge in [0.05, 0.1) is 23.6 Å². The average Bonchev–Trinajstić information content (AvgIpc) is 2.41. The molecule has 1 rings (SSSR count). The Hall–Kier alpha value is -1.82. The van der Waals surface area contributed by atoms with Crippen LogP contribution in [0.2, 0.25) is 0 Å². The Bertz CT molecular complexity index is 530. The zero-order valence-corrected chi connectivity index (χ0v) is 13.7. The van der Waals surface area contributed by atoms with Gasteiger partial charge in [0.1, 0.15) is 0 Å². The summed E-state index contributed by atoms with van der Waals surface area (Å²) in [5.41, 5.74) is 5.28. The van der Waals surface area contributed by atoms with Crippen LogP contribution in [-0.2, 0) is 4.79 Å². The number of benzene rings is 1. The molecule has 1 aromatic rings. The lowest BCUT2D eigenvalue weighted by Gasteiger charge is -2.22. The van der Waals surface area contributed by atoms with Crippen LogP contribution in [0.1, 0.15) is 27.7 Å². The smallest absolute Gasteiger partial charge is 0.236 e. The molecule has 0 saturated heterocycles. The van der Waals surface area contributed by atoms with Crippen LogP contribution in [0.25, 0.3) is 0 Å². The number of rotatable bonds is 7. The van der Waals surface area contributed by atoms with Crippen molar-refractivity contribution >= 4 is 28.8 Å². The Labute approximate surface area is 130 Å². The second kappa shape index (κ2) is 7.26. The van der Waals surface area contributed by atoms with Gasteiger partial charge in [-0.2, -0.15) is 0 Å². The fraction of sp³-hybridized carbons (Fsp3) is 0.467. The van der Waals surface area contributed by atoms with E-state index in [0.717, 1.165) is 0 Å². The Morgan fingerprint density at radius 2 is 1.81 bits per heavy atom. The molecule has 0 radical (unpaired) electrons. The molecule has 0 saturated carbocycles. The largest absolute Gasteiger partial charge is 0.490 e. The van der Waals surface area contributed by atoms with Crippen molar-refractivity contribution in [3.05, 3.63) is 18.2 Å². The van der Waals surface area contributed by atoms with Gasteiger partial charge in [-0.05, 0) is 39.8 Å². The number of amides is 1. The zero-order chi connectivity index (χ0) is 16.0. The van der Waals surface area contributed by atoms with Crippen molar-refractivity contribution in [2.45, 2.75) is 27.7 Å². The summed E-state index contributed by atoms with van der Waals surface area (Å²) in [5.74, 6) is 0.970. The molecule has 0 fully saturated rings. The van der Waals surface area contributed by atoms with Crippen LogP contribution in [0.3, 0.4) is 0 Å². The summed E-state index contributed by atoms with van der Waals surface area (Å²) in [7, 11) is 0. The first kappa shape index (κ1) is 17.2. The quantitative estimate of drug-likeness (QED) is 0.758. The molecule has 0 unspecified atom stereocenters. The number of hydrogen-bond acceptors (Lipinski definition) is 4. The Kier molecular flexibility index (Phi) is 5.96. The normalized spacial score (nSPS) is 10.9. The van der Waals surface area contributed by atoms with Gasteiger partial charge < -0.3 is 20.5 Å². The van der Waals surface area contributed by atoms with Crippen LogP contribution < -0.4 is 20.5 Å². The molecular weight excluding hydrogens is 288 g/mol. The second-order valence-corrected chi connectivity index (χ2v) is 5.41. The summed E-state index contributed by atoms with van der Waals surface area (Å²) in [6.45, 7) is 8.20. The predicted molar refractivity (Wildman–Crippen MR) is 88.0 cm³/mol. The highest BCUT2D eigenvalue weighted by Crippen LogP contribution is 2.31. The van der Waals surface area contributed by atoms with E-state index in [9.17, 15) is 4.79 Å². The standard InChI is InChI=1S/C15H22N2O3S/c1-5-19-11-8-7-10(9-12(11)20-6-2)17-14(18)15(3,4)13(16)21/h7-9H,5-6H2,1-4H3,(H2,16,21)(H,17,18). The van der Waals surface area contributed by atoms with E-state index in [2.05, 4.69) is 5.32 Å². The van der Waals surface area contributed by atoms with Crippen molar-refractivity contribution in [3.63, 3.8) is 0 Å². The lowest BCUT2D eigenvalue weighted by atomic mass is 9.92. The lowest BCUT2D eigenvalue weighted by Crippen LogP contribution is -2.41. The summed E-state index contributed by atoms with van der Waals surface area (Å²) in [4.78, 5) is 12.4. The SMILES string of the molecule is CCOc1ccc(NC(=O)C(C)(C)C(N)=S)cc1OCC. The fourth-order valence-corrected chi connectivity index (χ4v) is 1.62. The van der Waals surface area contributed by atoms with Gasteiger partial charge in [0.15, 0.2) is 11.5 Å². The van der Waals surface area contributed by atoms with Crippen LogP contribution in [0.4, 0.5) is 5.69 Å². The maximum absolute atomic E-state index is 12.2. The zero-order valence-electron chi connectivity index (χ0n) is 12.9. The molecule has 0 aromatic heterocycles. The van der Waals surface area contributed by atoms with Crippen LogP contribution in [0, 0.1) is 5.41 Å². The molecule has 0 heterocycles. The Morgan fingerprint density at radius 1 is 1.24 bits per heavy atom. The van der Waals surface area contributed by atoms with Crippen molar-refractivity contribution in [2.75, 3.05) is 18.5 Å². The lowest BCUT2D eigenvalue weighted by molar-refractivity contribution is -0.121. The molecule has 0 aliphatic carbocycles. The minimum Gasteiger partial charge on any atom is -0.490 e. The van der Waals surface area contributed by atoms with Crippen LogP contribution in [0.5, 0.6) is 11.5 Å². The van der Waals surface area contributed by atoms with Crippen molar-refractivity contribution in [2.24, 2.45) is 11.1 Å². The van der Waals surface area contributed by atoms with Crippen molar-refractivity contribution < 1.29 is 14.3 Å². The number of anilines is 1. The highest BCUT2D eigenvalue weighted by Gasteiger charge is 2.31. The third-order valence-corrected chi connectivity index (χ3v) is 3.50. The maximum atomic E-state index is 12.2. The molecule has 21 heavy (non-hydrogen) atoms. The van der Waals surface area contributed by atoms with Gasteiger partial charge in [-0.3, -0.25) is 4.79 Å². The van der Waals surface area contributed by atoms with Crippen molar-refractivity contribution in [3.8, 4) is 11.5 Å². The minimum atomic E-state index is -0.917. The van der Waals surface area contributed by atoms with Gasteiger partial charge in [0, 0.05) is 11.8 Å². The third-order valence-electron chi connectivity index (χ3n) is 2.98. The van der Waals surface area contributed by atoms with Gasteiger partial charge in [0.2, 0.25) is 5.91 Å². The number of carbonyl (C=O) groups excluding carboxylic acids is 1. The number of carbonyl (C=O) groups is 1. The number of nitrogens with one attached hydrogen (secondary N) is 1. The molecule has 0 bridgehead atoms. The summed E-state index contributed by atoms with van der Waals surface area (Å²) in [6, 6.07) is 5.24. The summed E-state index contributed by atoms with van der Waals surface area (Å²) < 4.78 is 11.0. The number of nitrogens with two attached hydrogens (primary N) is 1. The van der Waals surface area contributed by atoms with E-state index in [-0.39, 0.29) is 10.9 Å². The topological polar surface area (TPSA) is 73.6 Å². The van der Waals surface area contributed by atoms with Crippen molar-refractivity contribution in [1.29, 1.82) is 0 Å². The summed E-state index contributed by atoms with van der Waals surface area (Å²) >= 11 is 4.92.